The van der Waals surface area contributed by atoms with Crippen molar-refractivity contribution in [2.24, 2.45) is 0 Å². The van der Waals surface area contributed by atoms with Gasteiger partial charge in [-0.25, -0.2) is 4.39 Å². The topological polar surface area (TPSA) is 80.8 Å². The molecule has 204 valence electrons. The lowest BCUT2D eigenvalue weighted by Crippen LogP contribution is -2.63. The number of benzene rings is 1. The van der Waals surface area contributed by atoms with Crippen molar-refractivity contribution in [1.29, 1.82) is 0 Å². The molecule has 8 nitrogen and oxygen atoms in total. The first-order valence-corrected chi connectivity index (χ1v) is 13.6. The van der Waals surface area contributed by atoms with Crippen molar-refractivity contribution in [1.82, 2.24) is 25.4 Å². The van der Waals surface area contributed by atoms with Crippen LogP contribution in [0.25, 0.3) is 0 Å². The molecule has 2 fully saturated rings. The molecule has 0 aliphatic carbocycles. The zero-order valence-corrected chi connectivity index (χ0v) is 22.8. The number of nitrogens with one attached hydrogen (secondary N) is 2. The standard InChI is InChI=1S/C29H39FN6O2/c1-19-15-35(24(14-32-19)16-34-10-9-31-20(2)28(34)38)17-26(37)36-18-29(3,4)27-25(36)12-22(13-33-27)11-21-5-7-23(30)8-6-21/h5-8,12-13,19-20,24,31-32H,9-11,14-18H2,1-4H3/t19-,20?,24-/m1/s1. The van der Waals surface area contributed by atoms with Crippen LogP contribution in [-0.4, -0.2) is 90.5 Å². The molecule has 3 atom stereocenters. The molecular formula is C29H39FN6O2. The van der Waals surface area contributed by atoms with Crippen molar-refractivity contribution in [3.05, 3.63) is 59.2 Å². The monoisotopic (exact) mass is 522 g/mol. The molecule has 38 heavy (non-hydrogen) atoms. The number of hydrogen-bond acceptors (Lipinski definition) is 6. The van der Waals surface area contributed by atoms with E-state index < -0.39 is 0 Å². The van der Waals surface area contributed by atoms with Crippen LogP contribution < -0.4 is 15.5 Å². The highest BCUT2D eigenvalue weighted by atomic mass is 19.1. The van der Waals surface area contributed by atoms with Crippen molar-refractivity contribution in [2.45, 2.75) is 57.7 Å². The van der Waals surface area contributed by atoms with E-state index in [1.54, 1.807) is 12.1 Å². The maximum atomic E-state index is 13.8. The molecule has 2 N–H and O–H groups in total. The highest BCUT2D eigenvalue weighted by Crippen LogP contribution is 2.39. The molecule has 1 aromatic heterocycles. The molecule has 9 heteroatoms. The summed E-state index contributed by atoms with van der Waals surface area (Å²) in [6, 6.07) is 8.73. The number of piperazine rings is 2. The van der Waals surface area contributed by atoms with Gasteiger partial charge in [0.1, 0.15) is 5.82 Å². The first-order chi connectivity index (χ1) is 18.1. The minimum atomic E-state index is -0.254. The Hall–Kier alpha value is -2.88. The molecule has 2 amide bonds. The summed E-state index contributed by atoms with van der Waals surface area (Å²) in [5, 5.41) is 6.75. The average Bonchev–Trinajstić information content (AvgIpc) is 3.15. The van der Waals surface area contributed by atoms with Crippen LogP contribution in [0.15, 0.2) is 36.5 Å². The van der Waals surface area contributed by atoms with Crippen molar-refractivity contribution in [3.8, 4) is 0 Å². The zero-order chi connectivity index (χ0) is 27.0. The van der Waals surface area contributed by atoms with Gasteiger partial charge < -0.3 is 20.4 Å². The number of carbonyl (C=O) groups excluding carboxylic acids is 2. The Kier molecular flexibility index (Phi) is 7.53. The summed E-state index contributed by atoms with van der Waals surface area (Å²) in [6.07, 6.45) is 2.49. The van der Waals surface area contributed by atoms with Crippen LogP contribution in [0.1, 0.15) is 44.5 Å². The van der Waals surface area contributed by atoms with E-state index in [0.717, 1.165) is 42.1 Å². The number of rotatable bonds is 6. The van der Waals surface area contributed by atoms with Gasteiger partial charge in [-0.15, -0.1) is 0 Å². The van der Waals surface area contributed by atoms with Gasteiger partial charge in [0.2, 0.25) is 11.8 Å². The summed E-state index contributed by atoms with van der Waals surface area (Å²) in [5.41, 5.74) is 3.53. The molecular weight excluding hydrogens is 483 g/mol. The normalized spacial score (nSPS) is 25.5. The lowest BCUT2D eigenvalue weighted by molar-refractivity contribution is -0.136. The Morgan fingerprint density at radius 1 is 1.16 bits per heavy atom. The number of aromatic nitrogens is 1. The molecule has 0 spiro atoms. The first kappa shape index (κ1) is 26.7. The zero-order valence-electron chi connectivity index (χ0n) is 22.8. The summed E-state index contributed by atoms with van der Waals surface area (Å²) < 4.78 is 13.4. The van der Waals surface area contributed by atoms with Crippen LogP contribution >= 0.6 is 0 Å². The molecule has 0 bridgehead atoms. The van der Waals surface area contributed by atoms with Gasteiger partial charge >= 0.3 is 0 Å². The summed E-state index contributed by atoms with van der Waals surface area (Å²) >= 11 is 0. The molecule has 1 unspecified atom stereocenters. The summed E-state index contributed by atoms with van der Waals surface area (Å²) in [4.78, 5) is 37.4. The molecule has 2 saturated heterocycles. The van der Waals surface area contributed by atoms with Crippen LogP contribution in [0, 0.1) is 5.82 Å². The van der Waals surface area contributed by atoms with Crippen LogP contribution in [0.3, 0.4) is 0 Å². The third-order valence-corrected chi connectivity index (χ3v) is 8.04. The molecule has 0 saturated carbocycles. The van der Waals surface area contributed by atoms with E-state index in [2.05, 4.69) is 42.4 Å². The fourth-order valence-corrected chi connectivity index (χ4v) is 5.92. The maximum absolute atomic E-state index is 13.8. The largest absolute Gasteiger partial charge is 0.338 e. The summed E-state index contributed by atoms with van der Waals surface area (Å²) in [7, 11) is 0. The molecule has 4 heterocycles. The van der Waals surface area contributed by atoms with E-state index in [9.17, 15) is 14.0 Å². The van der Waals surface area contributed by atoms with Crippen molar-refractivity contribution >= 4 is 17.5 Å². The van der Waals surface area contributed by atoms with Gasteiger partial charge in [0.25, 0.3) is 0 Å². The summed E-state index contributed by atoms with van der Waals surface area (Å²) in [5.74, 6) is -0.0801. The molecule has 2 aromatic rings. The Bertz CT molecular complexity index is 1190. The minimum Gasteiger partial charge on any atom is -0.338 e. The lowest BCUT2D eigenvalue weighted by atomic mass is 9.91. The number of nitrogens with zero attached hydrogens (tertiary/aromatic N) is 4. The quantitative estimate of drug-likeness (QED) is 0.604. The van der Waals surface area contributed by atoms with Gasteiger partial charge in [0.05, 0.1) is 24.0 Å². The SMILES string of the molecule is CC1NCCN(C[C@H]2CN[C@H](C)CN2CC(=O)N2CC(C)(C)c3ncc(Cc4ccc(F)cc4)cc32)C1=O. The minimum absolute atomic E-state index is 0.0525. The van der Waals surface area contributed by atoms with Crippen LogP contribution in [0.5, 0.6) is 0 Å². The fourth-order valence-electron chi connectivity index (χ4n) is 5.92. The van der Waals surface area contributed by atoms with Crippen LogP contribution in [-0.2, 0) is 21.4 Å². The molecule has 3 aliphatic rings. The Morgan fingerprint density at radius 2 is 1.92 bits per heavy atom. The second kappa shape index (κ2) is 10.7. The predicted octanol–water partition coefficient (Wildman–Crippen LogP) is 1.92. The third-order valence-electron chi connectivity index (χ3n) is 8.04. The van der Waals surface area contributed by atoms with E-state index in [-0.39, 0.29) is 41.2 Å². The number of carbonyl (C=O) groups is 2. The molecule has 5 rings (SSSR count). The Balaban J connectivity index is 1.33. The number of fused-ring (bicyclic) bond motifs is 1. The number of halogens is 1. The molecule has 0 radical (unpaired) electrons. The Morgan fingerprint density at radius 3 is 2.68 bits per heavy atom. The summed E-state index contributed by atoms with van der Waals surface area (Å²) in [6.45, 7) is 12.7. The number of hydrogen-bond donors (Lipinski definition) is 2. The van der Waals surface area contributed by atoms with E-state index in [1.165, 1.54) is 12.1 Å². The number of pyridine rings is 1. The average molecular weight is 523 g/mol. The Labute approximate surface area is 224 Å². The second-order valence-electron chi connectivity index (χ2n) is 11.7. The van der Waals surface area contributed by atoms with Crippen molar-refractivity contribution < 1.29 is 14.0 Å². The smallest absolute Gasteiger partial charge is 0.241 e. The van der Waals surface area contributed by atoms with Gasteiger partial charge in [0.15, 0.2) is 0 Å². The van der Waals surface area contributed by atoms with Gasteiger partial charge in [-0.3, -0.25) is 19.5 Å². The first-order valence-electron chi connectivity index (χ1n) is 13.6. The molecule has 1 aromatic carbocycles. The second-order valence-corrected chi connectivity index (χ2v) is 11.7. The van der Waals surface area contributed by atoms with Crippen LogP contribution in [0.4, 0.5) is 10.1 Å². The van der Waals surface area contributed by atoms with Crippen molar-refractivity contribution in [2.75, 3.05) is 50.7 Å². The van der Waals surface area contributed by atoms with Gasteiger partial charge in [-0.2, -0.15) is 0 Å². The number of anilines is 1. The highest BCUT2D eigenvalue weighted by Gasteiger charge is 2.41. The van der Waals surface area contributed by atoms with Gasteiger partial charge in [-0.1, -0.05) is 26.0 Å². The van der Waals surface area contributed by atoms with E-state index in [4.69, 9.17) is 4.98 Å². The maximum Gasteiger partial charge on any atom is 0.241 e. The van der Waals surface area contributed by atoms with Gasteiger partial charge in [0, 0.05) is 63.0 Å². The van der Waals surface area contributed by atoms with E-state index in [0.29, 0.717) is 32.6 Å². The molecule has 3 aliphatic heterocycles. The van der Waals surface area contributed by atoms with E-state index >= 15 is 0 Å². The van der Waals surface area contributed by atoms with Gasteiger partial charge in [-0.05, 0) is 49.6 Å². The lowest BCUT2D eigenvalue weighted by Gasteiger charge is -2.43. The third kappa shape index (κ3) is 5.60. The van der Waals surface area contributed by atoms with Crippen molar-refractivity contribution in [3.63, 3.8) is 0 Å². The van der Waals surface area contributed by atoms with E-state index in [1.807, 2.05) is 22.9 Å². The predicted molar refractivity (Wildman–Crippen MR) is 146 cm³/mol. The fraction of sp³-hybridized carbons (Fsp3) is 0.552. The van der Waals surface area contributed by atoms with Crippen LogP contribution in [0.2, 0.25) is 0 Å². The number of amides is 2. The highest BCUT2D eigenvalue weighted by molar-refractivity contribution is 5.97.